The summed E-state index contributed by atoms with van der Waals surface area (Å²) in [5.41, 5.74) is 2.09. The fourth-order valence-corrected chi connectivity index (χ4v) is 1.93. The molecule has 3 heteroatoms. The summed E-state index contributed by atoms with van der Waals surface area (Å²) >= 11 is 0. The van der Waals surface area contributed by atoms with Crippen molar-refractivity contribution < 1.29 is 14.9 Å². The van der Waals surface area contributed by atoms with E-state index in [1.165, 1.54) is 0 Å². The van der Waals surface area contributed by atoms with E-state index in [0.29, 0.717) is 12.8 Å². The van der Waals surface area contributed by atoms with Gasteiger partial charge in [0.2, 0.25) is 0 Å². The van der Waals surface area contributed by atoms with Gasteiger partial charge >= 0.3 is 0 Å². The van der Waals surface area contributed by atoms with Crippen LogP contribution in [0.2, 0.25) is 0 Å². The molecule has 2 N–H and O–H groups in total. The first-order chi connectivity index (χ1) is 7.72. The zero-order valence-corrected chi connectivity index (χ0v) is 10.1. The van der Waals surface area contributed by atoms with Crippen molar-refractivity contribution in [2.75, 3.05) is 7.11 Å². The van der Waals surface area contributed by atoms with Gasteiger partial charge in [0, 0.05) is 18.4 Å². The van der Waals surface area contributed by atoms with Gasteiger partial charge in [0.05, 0.1) is 19.3 Å². The topological polar surface area (TPSA) is 49.7 Å². The highest BCUT2D eigenvalue weighted by atomic mass is 16.5. The van der Waals surface area contributed by atoms with Crippen molar-refractivity contribution in [3.05, 3.63) is 29.3 Å². The van der Waals surface area contributed by atoms with E-state index in [9.17, 15) is 10.2 Å². The van der Waals surface area contributed by atoms with Crippen molar-refractivity contribution in [3.63, 3.8) is 0 Å². The number of aliphatic hydroxyl groups is 2. The third kappa shape index (κ3) is 2.54. The van der Waals surface area contributed by atoms with Crippen LogP contribution in [0.4, 0.5) is 0 Å². The van der Waals surface area contributed by atoms with E-state index in [1.807, 2.05) is 32.0 Å². The Morgan fingerprint density at radius 1 is 1.12 bits per heavy atom. The molecule has 1 aliphatic rings. The maximum absolute atomic E-state index is 9.54. The molecular formula is C13H20O3. The van der Waals surface area contributed by atoms with E-state index in [0.717, 1.165) is 16.9 Å². The zero-order chi connectivity index (χ0) is 12.1. The average molecular weight is 224 g/mol. The fourth-order valence-electron chi connectivity index (χ4n) is 1.93. The summed E-state index contributed by atoms with van der Waals surface area (Å²) in [4.78, 5) is 0. The molecule has 2 atom stereocenters. The SMILES string of the molecule is CC.COc1cccc2c1C[C@H](O)[C@H](O)C2. The second kappa shape index (κ2) is 5.87. The third-order valence-corrected chi connectivity index (χ3v) is 2.74. The summed E-state index contributed by atoms with van der Waals surface area (Å²) in [5.74, 6) is 0.799. The summed E-state index contributed by atoms with van der Waals surface area (Å²) in [5, 5.41) is 19.0. The lowest BCUT2D eigenvalue weighted by Crippen LogP contribution is -2.34. The highest BCUT2D eigenvalue weighted by Gasteiger charge is 2.26. The summed E-state index contributed by atoms with van der Waals surface area (Å²) < 4.78 is 5.20. The van der Waals surface area contributed by atoms with Crippen molar-refractivity contribution >= 4 is 0 Å². The molecule has 0 saturated carbocycles. The molecule has 0 amide bonds. The summed E-state index contributed by atoms with van der Waals surface area (Å²) in [7, 11) is 1.62. The third-order valence-electron chi connectivity index (χ3n) is 2.74. The van der Waals surface area contributed by atoms with Crippen LogP contribution in [-0.4, -0.2) is 29.5 Å². The number of fused-ring (bicyclic) bond motifs is 1. The van der Waals surface area contributed by atoms with Crippen molar-refractivity contribution in [2.24, 2.45) is 0 Å². The monoisotopic (exact) mass is 224 g/mol. The van der Waals surface area contributed by atoms with E-state index in [-0.39, 0.29) is 0 Å². The first-order valence-electron chi connectivity index (χ1n) is 5.73. The molecule has 3 nitrogen and oxygen atoms in total. The maximum Gasteiger partial charge on any atom is 0.122 e. The zero-order valence-electron chi connectivity index (χ0n) is 10.1. The highest BCUT2D eigenvalue weighted by Crippen LogP contribution is 2.29. The molecule has 0 aromatic heterocycles. The smallest absolute Gasteiger partial charge is 0.122 e. The molecule has 1 aliphatic carbocycles. The molecule has 1 aromatic carbocycles. The molecule has 0 unspecified atom stereocenters. The standard InChI is InChI=1S/C11H14O3.C2H6/c1-14-11-4-2-3-7-5-9(12)10(13)6-8(7)11;1-2/h2-4,9-10,12-13H,5-6H2,1H3;1-2H3/t9-,10+;/m1./s1. The fraction of sp³-hybridized carbons (Fsp3) is 0.538. The number of rotatable bonds is 1. The van der Waals surface area contributed by atoms with Crippen molar-refractivity contribution in [1.29, 1.82) is 0 Å². The molecule has 0 radical (unpaired) electrons. The number of ether oxygens (including phenoxy) is 1. The number of benzene rings is 1. The normalized spacial score (nSPS) is 22.8. The number of methoxy groups -OCH3 is 1. The van der Waals surface area contributed by atoms with Crippen LogP contribution < -0.4 is 4.74 Å². The Labute approximate surface area is 96.7 Å². The molecule has 2 rings (SSSR count). The molecule has 0 saturated heterocycles. The van der Waals surface area contributed by atoms with E-state index >= 15 is 0 Å². The van der Waals surface area contributed by atoms with E-state index in [1.54, 1.807) is 7.11 Å². The summed E-state index contributed by atoms with van der Waals surface area (Å²) in [6.45, 7) is 4.00. The molecular weight excluding hydrogens is 204 g/mol. The van der Waals surface area contributed by atoms with Crippen LogP contribution in [-0.2, 0) is 12.8 Å². The van der Waals surface area contributed by atoms with Gasteiger partial charge < -0.3 is 14.9 Å². The van der Waals surface area contributed by atoms with Crippen LogP contribution in [0.3, 0.4) is 0 Å². The van der Waals surface area contributed by atoms with Gasteiger partial charge in [-0.15, -0.1) is 0 Å². The van der Waals surface area contributed by atoms with Gasteiger partial charge in [0.15, 0.2) is 0 Å². The Morgan fingerprint density at radius 3 is 2.38 bits per heavy atom. The minimum Gasteiger partial charge on any atom is -0.496 e. The first kappa shape index (κ1) is 13.0. The van der Waals surface area contributed by atoms with Crippen molar-refractivity contribution in [1.82, 2.24) is 0 Å². The Bertz CT molecular complexity index is 336. The molecule has 1 aromatic rings. The molecule has 0 bridgehead atoms. The van der Waals surface area contributed by atoms with E-state index in [4.69, 9.17) is 4.74 Å². The number of aliphatic hydroxyl groups excluding tert-OH is 2. The Hall–Kier alpha value is -1.06. The van der Waals surface area contributed by atoms with Crippen LogP contribution in [0.15, 0.2) is 18.2 Å². The van der Waals surface area contributed by atoms with Gasteiger partial charge in [0.1, 0.15) is 5.75 Å². The van der Waals surface area contributed by atoms with Crippen molar-refractivity contribution in [2.45, 2.75) is 38.9 Å². The molecule has 0 aliphatic heterocycles. The van der Waals surface area contributed by atoms with Gasteiger partial charge in [-0.05, 0) is 11.6 Å². The van der Waals surface area contributed by atoms with Gasteiger partial charge in [-0.1, -0.05) is 26.0 Å². The highest BCUT2D eigenvalue weighted by molar-refractivity contribution is 5.42. The summed E-state index contributed by atoms with van der Waals surface area (Å²) in [6, 6.07) is 5.75. The van der Waals surface area contributed by atoms with Gasteiger partial charge in [-0.25, -0.2) is 0 Å². The minimum absolute atomic E-state index is 0.473. The first-order valence-corrected chi connectivity index (χ1v) is 5.73. The molecule has 0 fully saturated rings. The Kier molecular flexibility index (Phi) is 4.77. The second-order valence-electron chi connectivity index (χ2n) is 3.64. The predicted molar refractivity (Wildman–Crippen MR) is 63.8 cm³/mol. The average Bonchev–Trinajstić information content (AvgIpc) is 2.32. The molecule has 0 heterocycles. The lowest BCUT2D eigenvalue weighted by molar-refractivity contribution is 0.0137. The van der Waals surface area contributed by atoms with Gasteiger partial charge in [-0.3, -0.25) is 0 Å². The van der Waals surface area contributed by atoms with E-state index in [2.05, 4.69) is 0 Å². The predicted octanol–water partition coefficient (Wildman–Crippen LogP) is 1.54. The van der Waals surface area contributed by atoms with Crippen LogP contribution in [0.5, 0.6) is 5.75 Å². The number of hydrogen-bond acceptors (Lipinski definition) is 3. The van der Waals surface area contributed by atoms with Crippen LogP contribution in [0.25, 0.3) is 0 Å². The van der Waals surface area contributed by atoms with Crippen LogP contribution in [0, 0.1) is 0 Å². The quantitative estimate of drug-likeness (QED) is 0.760. The molecule has 16 heavy (non-hydrogen) atoms. The number of hydrogen-bond donors (Lipinski definition) is 2. The Balaban J connectivity index is 0.000000606. The summed E-state index contributed by atoms with van der Waals surface area (Å²) in [6.07, 6.45) is -0.331. The van der Waals surface area contributed by atoms with Crippen LogP contribution >= 0.6 is 0 Å². The molecule has 0 spiro atoms. The van der Waals surface area contributed by atoms with Gasteiger partial charge in [-0.2, -0.15) is 0 Å². The Morgan fingerprint density at radius 2 is 1.75 bits per heavy atom. The largest absolute Gasteiger partial charge is 0.496 e. The van der Waals surface area contributed by atoms with Crippen LogP contribution in [0.1, 0.15) is 25.0 Å². The molecule has 90 valence electrons. The van der Waals surface area contributed by atoms with Crippen molar-refractivity contribution in [3.8, 4) is 5.75 Å². The van der Waals surface area contributed by atoms with Gasteiger partial charge in [0.25, 0.3) is 0 Å². The lowest BCUT2D eigenvalue weighted by atomic mass is 9.87. The minimum atomic E-state index is -0.668. The maximum atomic E-state index is 9.54. The lowest BCUT2D eigenvalue weighted by Gasteiger charge is -2.26. The van der Waals surface area contributed by atoms with E-state index < -0.39 is 12.2 Å². The second-order valence-corrected chi connectivity index (χ2v) is 3.64.